The van der Waals surface area contributed by atoms with Gasteiger partial charge in [-0.1, -0.05) is 24.3 Å². The van der Waals surface area contributed by atoms with Crippen LogP contribution in [0.1, 0.15) is 28.3 Å². The van der Waals surface area contributed by atoms with Crippen molar-refractivity contribution in [2.45, 2.75) is 25.4 Å². The van der Waals surface area contributed by atoms with Crippen LogP contribution >= 0.6 is 11.3 Å². The van der Waals surface area contributed by atoms with Crippen molar-refractivity contribution in [3.63, 3.8) is 0 Å². The molecule has 0 spiro atoms. The van der Waals surface area contributed by atoms with Gasteiger partial charge in [0.15, 0.2) is 5.76 Å². The zero-order valence-electron chi connectivity index (χ0n) is 13.3. The number of rotatable bonds is 4. The Kier molecular flexibility index (Phi) is 4.36. The highest BCUT2D eigenvalue weighted by Gasteiger charge is 2.29. The minimum Gasteiger partial charge on any atom is -0.451 e. The Balaban J connectivity index is 1.64. The summed E-state index contributed by atoms with van der Waals surface area (Å²) in [4.78, 5) is 16.3. The molecule has 0 unspecified atom stereocenters. The van der Waals surface area contributed by atoms with Crippen LogP contribution in [-0.4, -0.2) is 30.1 Å². The second-order valence-electron chi connectivity index (χ2n) is 6.00. The molecule has 4 nitrogen and oxygen atoms in total. The van der Waals surface area contributed by atoms with Crippen LogP contribution in [-0.2, 0) is 11.3 Å². The number of carbonyl (C=O) groups is 1. The monoisotopic (exact) mass is 341 g/mol. The Morgan fingerprint density at radius 2 is 2.00 bits per heavy atom. The number of nitrogens with zero attached hydrogens (tertiary/aromatic N) is 1. The molecule has 1 aliphatic rings. The summed E-state index contributed by atoms with van der Waals surface area (Å²) >= 11 is 1.68. The largest absolute Gasteiger partial charge is 0.451 e. The van der Waals surface area contributed by atoms with Gasteiger partial charge in [0.25, 0.3) is 5.91 Å². The average Bonchev–Trinajstić information content (AvgIpc) is 3.29. The van der Waals surface area contributed by atoms with Gasteiger partial charge in [0.05, 0.1) is 6.54 Å². The maximum Gasteiger partial charge on any atom is 0.290 e. The minimum atomic E-state index is -0.0356. The lowest BCUT2D eigenvalue weighted by molar-refractivity contribution is 0.0253. The Hall–Kier alpha value is -2.11. The van der Waals surface area contributed by atoms with Crippen LogP contribution in [0.25, 0.3) is 11.0 Å². The van der Waals surface area contributed by atoms with E-state index >= 15 is 0 Å². The van der Waals surface area contributed by atoms with E-state index in [1.54, 1.807) is 11.3 Å². The number of para-hydroxylation sites is 1. The second kappa shape index (κ2) is 6.79. The van der Waals surface area contributed by atoms with Crippen LogP contribution < -0.4 is 0 Å². The highest BCUT2D eigenvalue weighted by molar-refractivity contribution is 7.09. The lowest BCUT2D eigenvalue weighted by Crippen LogP contribution is -2.42. The van der Waals surface area contributed by atoms with Gasteiger partial charge in [0, 0.05) is 29.5 Å². The highest BCUT2D eigenvalue weighted by atomic mass is 32.1. The number of hydrogen-bond donors (Lipinski definition) is 0. The fourth-order valence-corrected chi connectivity index (χ4v) is 3.87. The first-order chi connectivity index (χ1) is 11.8. The summed E-state index contributed by atoms with van der Waals surface area (Å²) in [7, 11) is 0. The molecule has 0 radical (unpaired) electrons. The molecule has 5 heteroatoms. The number of ether oxygens (including phenoxy) is 1. The predicted octanol–water partition coefficient (Wildman–Crippen LogP) is 4.32. The maximum atomic E-state index is 13.1. The maximum absolute atomic E-state index is 13.1. The Bertz CT molecular complexity index is 785. The van der Waals surface area contributed by atoms with Gasteiger partial charge >= 0.3 is 0 Å². The third-order valence-corrected chi connectivity index (χ3v) is 5.30. The molecule has 1 aliphatic heterocycles. The molecular weight excluding hydrogens is 322 g/mol. The van der Waals surface area contributed by atoms with Gasteiger partial charge in [0.2, 0.25) is 0 Å². The Labute approximate surface area is 144 Å². The molecule has 2 aromatic heterocycles. The van der Waals surface area contributed by atoms with Crippen LogP contribution in [0.3, 0.4) is 0 Å². The third kappa shape index (κ3) is 3.09. The number of amides is 1. The van der Waals surface area contributed by atoms with E-state index < -0.39 is 0 Å². The third-order valence-electron chi connectivity index (χ3n) is 4.44. The molecule has 0 atom stereocenters. The van der Waals surface area contributed by atoms with Crippen molar-refractivity contribution in [1.29, 1.82) is 0 Å². The van der Waals surface area contributed by atoms with Gasteiger partial charge < -0.3 is 14.1 Å². The van der Waals surface area contributed by atoms with Crippen LogP contribution in [0.5, 0.6) is 0 Å². The van der Waals surface area contributed by atoms with Crippen molar-refractivity contribution >= 4 is 28.2 Å². The first kappa shape index (κ1) is 15.4. The standard InChI is InChI=1S/C19H19NO3S/c21-19(18-12-14-4-1-2-6-17(14)23-18)20(13-16-5-3-11-24-16)15-7-9-22-10-8-15/h1-6,11-12,15H,7-10,13H2. The van der Waals surface area contributed by atoms with E-state index in [9.17, 15) is 4.79 Å². The molecule has 0 bridgehead atoms. The van der Waals surface area contributed by atoms with Crippen LogP contribution in [0, 0.1) is 0 Å². The molecule has 124 valence electrons. The molecule has 1 saturated heterocycles. The fraction of sp³-hybridized carbons (Fsp3) is 0.316. The molecule has 1 aromatic carbocycles. The number of thiophene rings is 1. The van der Waals surface area contributed by atoms with Crippen molar-refractivity contribution in [3.8, 4) is 0 Å². The molecule has 0 N–H and O–H groups in total. The lowest BCUT2D eigenvalue weighted by atomic mass is 10.1. The van der Waals surface area contributed by atoms with Gasteiger partial charge in [-0.05, 0) is 36.4 Å². The van der Waals surface area contributed by atoms with E-state index in [0.29, 0.717) is 25.5 Å². The fourth-order valence-electron chi connectivity index (χ4n) is 3.16. The number of hydrogen-bond acceptors (Lipinski definition) is 4. The van der Waals surface area contributed by atoms with Crippen LogP contribution in [0.15, 0.2) is 52.3 Å². The zero-order chi connectivity index (χ0) is 16.4. The van der Waals surface area contributed by atoms with E-state index in [1.807, 2.05) is 46.7 Å². The molecule has 24 heavy (non-hydrogen) atoms. The van der Waals surface area contributed by atoms with Crippen molar-refractivity contribution in [2.24, 2.45) is 0 Å². The number of benzene rings is 1. The Morgan fingerprint density at radius 3 is 2.75 bits per heavy atom. The summed E-state index contributed by atoms with van der Waals surface area (Å²) in [6, 6.07) is 13.9. The summed E-state index contributed by atoms with van der Waals surface area (Å²) < 4.78 is 11.3. The van der Waals surface area contributed by atoms with Gasteiger partial charge in [-0.25, -0.2) is 0 Å². The summed E-state index contributed by atoms with van der Waals surface area (Å²) in [6.07, 6.45) is 1.74. The van der Waals surface area contributed by atoms with Crippen molar-refractivity contribution in [2.75, 3.05) is 13.2 Å². The molecular formula is C19H19NO3S. The smallest absolute Gasteiger partial charge is 0.290 e. The van der Waals surface area contributed by atoms with Gasteiger partial charge in [-0.3, -0.25) is 4.79 Å². The lowest BCUT2D eigenvalue weighted by Gasteiger charge is -2.33. The summed E-state index contributed by atoms with van der Waals surface area (Å²) in [5, 5.41) is 3.01. The van der Waals surface area contributed by atoms with Gasteiger partial charge in [-0.2, -0.15) is 0 Å². The molecule has 0 saturated carbocycles. The summed E-state index contributed by atoms with van der Waals surface area (Å²) in [5.74, 6) is 0.380. The molecule has 4 rings (SSSR count). The Morgan fingerprint density at radius 1 is 1.17 bits per heavy atom. The summed E-state index contributed by atoms with van der Waals surface area (Å²) in [6.45, 7) is 2.04. The highest BCUT2D eigenvalue weighted by Crippen LogP contribution is 2.25. The summed E-state index contributed by atoms with van der Waals surface area (Å²) in [5.41, 5.74) is 0.754. The average molecular weight is 341 g/mol. The van der Waals surface area contributed by atoms with E-state index in [2.05, 4.69) is 6.07 Å². The van der Waals surface area contributed by atoms with Gasteiger partial charge in [0.1, 0.15) is 5.58 Å². The quantitative estimate of drug-likeness (QED) is 0.710. The molecule has 1 amide bonds. The predicted molar refractivity (Wildman–Crippen MR) is 94.2 cm³/mol. The van der Waals surface area contributed by atoms with Crippen molar-refractivity contribution < 1.29 is 13.9 Å². The molecule has 0 aliphatic carbocycles. The SMILES string of the molecule is O=C(c1cc2ccccc2o1)N(Cc1cccs1)C1CCOCC1. The van der Waals surface area contributed by atoms with E-state index in [1.165, 1.54) is 4.88 Å². The van der Waals surface area contributed by atoms with Crippen molar-refractivity contribution in [1.82, 2.24) is 4.90 Å². The number of carbonyl (C=O) groups excluding carboxylic acids is 1. The topological polar surface area (TPSA) is 42.7 Å². The van der Waals surface area contributed by atoms with Crippen LogP contribution in [0.2, 0.25) is 0 Å². The zero-order valence-corrected chi connectivity index (χ0v) is 14.1. The normalized spacial score (nSPS) is 15.7. The molecule has 3 aromatic rings. The molecule has 3 heterocycles. The number of furan rings is 1. The molecule has 1 fully saturated rings. The van der Waals surface area contributed by atoms with E-state index in [0.717, 1.165) is 23.8 Å². The first-order valence-electron chi connectivity index (χ1n) is 8.21. The van der Waals surface area contributed by atoms with E-state index in [4.69, 9.17) is 9.15 Å². The van der Waals surface area contributed by atoms with Crippen LogP contribution in [0.4, 0.5) is 0 Å². The first-order valence-corrected chi connectivity index (χ1v) is 9.09. The van der Waals surface area contributed by atoms with Crippen molar-refractivity contribution in [3.05, 3.63) is 58.5 Å². The van der Waals surface area contributed by atoms with Gasteiger partial charge in [-0.15, -0.1) is 11.3 Å². The minimum absolute atomic E-state index is 0.0356. The number of fused-ring (bicyclic) bond motifs is 1. The van der Waals surface area contributed by atoms with E-state index in [-0.39, 0.29) is 11.9 Å². The second-order valence-corrected chi connectivity index (χ2v) is 7.04.